The van der Waals surface area contributed by atoms with Gasteiger partial charge in [-0.05, 0) is 39.6 Å². The van der Waals surface area contributed by atoms with E-state index < -0.39 is 0 Å². The monoisotopic (exact) mass is 278 g/mol. The third kappa shape index (κ3) is 5.17. The zero-order valence-electron chi connectivity index (χ0n) is 13.0. The van der Waals surface area contributed by atoms with Crippen molar-refractivity contribution in [2.75, 3.05) is 45.6 Å². The molecule has 1 aromatic heterocycles. The molecule has 0 radical (unpaired) electrons. The highest BCUT2D eigenvalue weighted by molar-refractivity contribution is 5.94. The molecule has 1 aromatic rings. The lowest BCUT2D eigenvalue weighted by Crippen LogP contribution is -2.37. The van der Waals surface area contributed by atoms with Crippen molar-refractivity contribution in [2.45, 2.75) is 20.3 Å². The number of amides is 1. The topological polar surface area (TPSA) is 48.5 Å². The molecule has 1 heterocycles. The molecule has 0 aliphatic rings. The van der Waals surface area contributed by atoms with Gasteiger partial charge in [0.1, 0.15) is 5.82 Å². The normalized spacial score (nSPS) is 10.7. The SMILES string of the molecule is CCCN(CCN(C)C)C(=O)c1ccc(NCC)nc1. The van der Waals surface area contributed by atoms with Crippen LogP contribution in [-0.2, 0) is 0 Å². The summed E-state index contributed by atoms with van der Waals surface area (Å²) in [6, 6.07) is 3.69. The molecule has 0 spiro atoms. The summed E-state index contributed by atoms with van der Waals surface area (Å²) in [6.45, 7) is 7.32. The molecule has 20 heavy (non-hydrogen) atoms. The minimum absolute atomic E-state index is 0.0595. The number of anilines is 1. The molecule has 1 rings (SSSR count). The van der Waals surface area contributed by atoms with Crippen molar-refractivity contribution in [3.63, 3.8) is 0 Å². The minimum atomic E-state index is 0.0595. The van der Waals surface area contributed by atoms with Crippen molar-refractivity contribution in [3.05, 3.63) is 23.9 Å². The van der Waals surface area contributed by atoms with Gasteiger partial charge >= 0.3 is 0 Å². The van der Waals surface area contributed by atoms with Gasteiger partial charge in [-0.25, -0.2) is 4.98 Å². The predicted molar refractivity (Wildman–Crippen MR) is 83.1 cm³/mol. The summed E-state index contributed by atoms with van der Waals surface area (Å²) >= 11 is 0. The molecule has 0 fully saturated rings. The van der Waals surface area contributed by atoms with E-state index in [-0.39, 0.29) is 5.91 Å². The maximum atomic E-state index is 12.5. The van der Waals surface area contributed by atoms with Gasteiger partial charge in [0.25, 0.3) is 5.91 Å². The number of carbonyl (C=O) groups is 1. The maximum Gasteiger partial charge on any atom is 0.255 e. The van der Waals surface area contributed by atoms with E-state index in [2.05, 4.69) is 22.1 Å². The molecule has 0 unspecified atom stereocenters. The van der Waals surface area contributed by atoms with Gasteiger partial charge in [0.2, 0.25) is 0 Å². The van der Waals surface area contributed by atoms with Gasteiger partial charge in [0, 0.05) is 32.4 Å². The molecule has 1 amide bonds. The second-order valence-electron chi connectivity index (χ2n) is 5.06. The number of hydrogen-bond donors (Lipinski definition) is 1. The number of rotatable bonds is 8. The van der Waals surface area contributed by atoms with Crippen LogP contribution in [-0.4, -0.2) is 61.0 Å². The highest BCUT2D eigenvalue weighted by Gasteiger charge is 2.15. The molecular formula is C15H26N4O. The first-order chi connectivity index (χ1) is 9.58. The summed E-state index contributed by atoms with van der Waals surface area (Å²) in [5, 5.41) is 3.13. The van der Waals surface area contributed by atoms with Gasteiger partial charge in [0.15, 0.2) is 0 Å². The van der Waals surface area contributed by atoms with Crippen LogP contribution in [0.5, 0.6) is 0 Å². The Morgan fingerprint density at radius 1 is 1.20 bits per heavy atom. The predicted octanol–water partition coefficient (Wildman–Crippen LogP) is 1.93. The van der Waals surface area contributed by atoms with Crippen LogP contribution in [0.4, 0.5) is 5.82 Å². The van der Waals surface area contributed by atoms with Crippen LogP contribution in [0.1, 0.15) is 30.6 Å². The summed E-state index contributed by atoms with van der Waals surface area (Å²) in [6.07, 6.45) is 2.61. The van der Waals surface area contributed by atoms with Crippen LogP contribution < -0.4 is 5.32 Å². The lowest BCUT2D eigenvalue weighted by atomic mass is 10.2. The van der Waals surface area contributed by atoms with E-state index >= 15 is 0 Å². The zero-order valence-corrected chi connectivity index (χ0v) is 13.0. The molecule has 5 heteroatoms. The largest absolute Gasteiger partial charge is 0.370 e. The Hall–Kier alpha value is -1.62. The fourth-order valence-corrected chi connectivity index (χ4v) is 1.89. The number of pyridine rings is 1. The summed E-state index contributed by atoms with van der Waals surface area (Å²) in [5.74, 6) is 0.864. The fourth-order valence-electron chi connectivity index (χ4n) is 1.89. The molecule has 0 aromatic carbocycles. The molecule has 0 atom stereocenters. The van der Waals surface area contributed by atoms with Crippen LogP contribution in [0.15, 0.2) is 18.3 Å². The number of likely N-dealkylation sites (N-methyl/N-ethyl adjacent to an activating group) is 1. The lowest BCUT2D eigenvalue weighted by Gasteiger charge is -2.24. The summed E-state index contributed by atoms with van der Waals surface area (Å²) in [4.78, 5) is 20.7. The van der Waals surface area contributed by atoms with Crippen molar-refractivity contribution in [3.8, 4) is 0 Å². The second-order valence-corrected chi connectivity index (χ2v) is 5.06. The van der Waals surface area contributed by atoms with Gasteiger partial charge in [-0.2, -0.15) is 0 Å². The lowest BCUT2D eigenvalue weighted by molar-refractivity contribution is 0.0744. The maximum absolute atomic E-state index is 12.5. The van der Waals surface area contributed by atoms with E-state index in [4.69, 9.17) is 0 Å². The smallest absolute Gasteiger partial charge is 0.255 e. The second kappa shape index (κ2) is 8.53. The first-order valence-corrected chi connectivity index (χ1v) is 7.22. The molecule has 0 saturated heterocycles. The molecule has 5 nitrogen and oxygen atoms in total. The van der Waals surface area contributed by atoms with Crippen LogP contribution in [0.25, 0.3) is 0 Å². The Labute approximate surface area is 122 Å². The van der Waals surface area contributed by atoms with Gasteiger partial charge in [-0.1, -0.05) is 6.92 Å². The fraction of sp³-hybridized carbons (Fsp3) is 0.600. The van der Waals surface area contributed by atoms with Crippen LogP contribution in [0, 0.1) is 0 Å². The molecule has 0 bridgehead atoms. The van der Waals surface area contributed by atoms with Gasteiger partial charge in [0.05, 0.1) is 5.56 Å². The summed E-state index contributed by atoms with van der Waals surface area (Å²) < 4.78 is 0. The molecular weight excluding hydrogens is 252 g/mol. The van der Waals surface area contributed by atoms with E-state index in [1.54, 1.807) is 6.20 Å². The van der Waals surface area contributed by atoms with E-state index in [0.717, 1.165) is 38.4 Å². The molecule has 1 N–H and O–H groups in total. The Morgan fingerprint density at radius 3 is 2.45 bits per heavy atom. The van der Waals surface area contributed by atoms with Crippen molar-refractivity contribution < 1.29 is 4.79 Å². The van der Waals surface area contributed by atoms with Crippen molar-refractivity contribution in [2.24, 2.45) is 0 Å². The molecule has 0 aliphatic carbocycles. The van der Waals surface area contributed by atoms with Crippen molar-refractivity contribution in [1.29, 1.82) is 0 Å². The van der Waals surface area contributed by atoms with E-state index in [0.29, 0.717) is 5.56 Å². The zero-order chi connectivity index (χ0) is 15.0. The van der Waals surface area contributed by atoms with Crippen LogP contribution in [0.2, 0.25) is 0 Å². The van der Waals surface area contributed by atoms with Gasteiger partial charge in [-0.15, -0.1) is 0 Å². The highest BCUT2D eigenvalue weighted by atomic mass is 16.2. The number of hydrogen-bond acceptors (Lipinski definition) is 4. The quantitative estimate of drug-likeness (QED) is 0.789. The van der Waals surface area contributed by atoms with Crippen LogP contribution in [0.3, 0.4) is 0 Å². The van der Waals surface area contributed by atoms with Crippen molar-refractivity contribution in [1.82, 2.24) is 14.8 Å². The molecule has 0 aliphatic heterocycles. The Bertz CT molecular complexity index is 403. The van der Waals surface area contributed by atoms with Crippen molar-refractivity contribution >= 4 is 11.7 Å². The standard InChI is InChI=1S/C15H26N4O/c1-5-9-19(11-10-18(3)4)15(20)13-7-8-14(16-6-2)17-12-13/h7-8,12H,5-6,9-11H2,1-4H3,(H,16,17). The third-order valence-corrected chi connectivity index (χ3v) is 2.97. The summed E-state index contributed by atoms with van der Waals surface area (Å²) in [5.41, 5.74) is 0.652. The van der Waals surface area contributed by atoms with E-state index in [1.807, 2.05) is 38.1 Å². The number of aromatic nitrogens is 1. The summed E-state index contributed by atoms with van der Waals surface area (Å²) in [7, 11) is 4.03. The Morgan fingerprint density at radius 2 is 1.95 bits per heavy atom. The first-order valence-electron chi connectivity index (χ1n) is 7.22. The average molecular weight is 278 g/mol. The Balaban J connectivity index is 2.72. The minimum Gasteiger partial charge on any atom is -0.370 e. The number of nitrogens with zero attached hydrogens (tertiary/aromatic N) is 3. The van der Waals surface area contributed by atoms with Crippen LogP contribution >= 0.6 is 0 Å². The highest BCUT2D eigenvalue weighted by Crippen LogP contribution is 2.08. The van der Waals surface area contributed by atoms with E-state index in [9.17, 15) is 4.79 Å². The molecule has 0 saturated carbocycles. The van der Waals surface area contributed by atoms with E-state index in [1.165, 1.54) is 0 Å². The number of nitrogens with one attached hydrogen (secondary N) is 1. The van der Waals surface area contributed by atoms with Gasteiger partial charge in [-0.3, -0.25) is 4.79 Å². The Kier molecular flexibility index (Phi) is 7.01. The molecule has 112 valence electrons. The average Bonchev–Trinajstić information content (AvgIpc) is 2.44. The number of carbonyl (C=O) groups excluding carboxylic acids is 1. The first kappa shape index (κ1) is 16.4. The van der Waals surface area contributed by atoms with Gasteiger partial charge < -0.3 is 15.1 Å². The third-order valence-electron chi connectivity index (χ3n) is 2.97.